The van der Waals surface area contributed by atoms with Crippen molar-refractivity contribution in [3.63, 3.8) is 0 Å². The highest BCUT2D eigenvalue weighted by Gasteiger charge is 2.49. The molecule has 1 aliphatic carbocycles. The van der Waals surface area contributed by atoms with Crippen LogP contribution in [0.4, 0.5) is 4.79 Å². The van der Waals surface area contributed by atoms with Crippen LogP contribution in [0.1, 0.15) is 39.5 Å². The number of carbonyl (C=O) groups is 2. The Morgan fingerprint density at radius 3 is 2.55 bits per heavy atom. The van der Waals surface area contributed by atoms with Gasteiger partial charge in [0.25, 0.3) is 0 Å². The zero-order valence-corrected chi connectivity index (χ0v) is 18.5. The molecule has 2 heterocycles. The van der Waals surface area contributed by atoms with Crippen LogP contribution in [-0.2, 0) is 14.3 Å². The maximum atomic E-state index is 13.0. The van der Waals surface area contributed by atoms with Gasteiger partial charge in [-0.1, -0.05) is 13.8 Å². The molecule has 0 bridgehead atoms. The minimum absolute atomic E-state index is 0.0940. The van der Waals surface area contributed by atoms with E-state index in [1.807, 2.05) is 0 Å². The van der Waals surface area contributed by atoms with Crippen LogP contribution in [0, 0.1) is 11.8 Å². The summed E-state index contributed by atoms with van der Waals surface area (Å²) in [5.74, 6) is -0.353. The van der Waals surface area contributed by atoms with Gasteiger partial charge >= 0.3 is 6.03 Å². The molecule has 0 unspecified atom stereocenters. The number of piperidine rings is 1. The predicted octanol–water partition coefficient (Wildman–Crippen LogP) is 1.36. The number of hydrogen-bond donors (Lipinski definition) is 1. The summed E-state index contributed by atoms with van der Waals surface area (Å²) in [6.45, 7) is 9.46. The second-order valence-electron chi connectivity index (χ2n) is 8.71. The summed E-state index contributed by atoms with van der Waals surface area (Å²) in [4.78, 5) is 31.3. The number of imide groups is 1. The van der Waals surface area contributed by atoms with Gasteiger partial charge in [0.2, 0.25) is 5.91 Å². The third-order valence-electron chi connectivity index (χ3n) is 7.00. The molecule has 3 amide bonds. The van der Waals surface area contributed by atoms with E-state index < -0.39 is 5.79 Å². The third-order valence-corrected chi connectivity index (χ3v) is 7.00. The Balaban J connectivity index is 1.54. The van der Waals surface area contributed by atoms with Crippen molar-refractivity contribution in [2.45, 2.75) is 51.4 Å². The van der Waals surface area contributed by atoms with Crippen LogP contribution >= 0.6 is 0 Å². The lowest BCUT2D eigenvalue weighted by atomic mass is 9.72. The Kier molecular flexibility index (Phi) is 7.53. The Morgan fingerprint density at radius 1 is 1.21 bits per heavy atom. The van der Waals surface area contributed by atoms with E-state index in [0.717, 1.165) is 45.3 Å². The maximum absolute atomic E-state index is 13.0. The number of likely N-dealkylation sites (tertiary alicyclic amines) is 1. The molecule has 1 N–H and O–H groups in total. The van der Waals surface area contributed by atoms with E-state index in [4.69, 9.17) is 9.47 Å². The Labute approximate surface area is 174 Å². The maximum Gasteiger partial charge on any atom is 0.323 e. The number of carbonyl (C=O) groups excluding carboxylic acids is 2. The number of fused-ring (bicyclic) bond motifs is 1. The molecule has 3 atom stereocenters. The normalized spacial score (nSPS) is 29.1. The summed E-state index contributed by atoms with van der Waals surface area (Å²) >= 11 is 0. The molecule has 8 heteroatoms. The highest BCUT2D eigenvalue weighted by Crippen LogP contribution is 2.45. The van der Waals surface area contributed by atoms with Gasteiger partial charge in [-0.05, 0) is 38.9 Å². The van der Waals surface area contributed by atoms with Crippen LogP contribution in [0.5, 0.6) is 0 Å². The topological polar surface area (TPSA) is 74.4 Å². The molecule has 0 radical (unpaired) electrons. The quantitative estimate of drug-likeness (QED) is 0.713. The average Bonchev–Trinajstić information content (AvgIpc) is 3.17. The molecule has 3 fully saturated rings. The van der Waals surface area contributed by atoms with Crippen molar-refractivity contribution < 1.29 is 19.1 Å². The summed E-state index contributed by atoms with van der Waals surface area (Å²) in [6, 6.07) is 0.153. The van der Waals surface area contributed by atoms with Gasteiger partial charge < -0.3 is 24.6 Å². The van der Waals surface area contributed by atoms with Crippen molar-refractivity contribution in [3.05, 3.63) is 0 Å². The van der Waals surface area contributed by atoms with Crippen molar-refractivity contribution in [3.8, 4) is 0 Å². The van der Waals surface area contributed by atoms with Crippen LogP contribution in [0.25, 0.3) is 0 Å². The van der Waals surface area contributed by atoms with E-state index in [0.29, 0.717) is 38.3 Å². The lowest BCUT2D eigenvalue weighted by Crippen LogP contribution is -2.56. The van der Waals surface area contributed by atoms with Gasteiger partial charge in [-0.2, -0.15) is 0 Å². The van der Waals surface area contributed by atoms with Gasteiger partial charge in [0.15, 0.2) is 5.79 Å². The zero-order valence-electron chi connectivity index (χ0n) is 18.5. The summed E-state index contributed by atoms with van der Waals surface area (Å²) in [5.41, 5.74) is 0. The van der Waals surface area contributed by atoms with Crippen LogP contribution in [-0.4, -0.2) is 98.5 Å². The van der Waals surface area contributed by atoms with Gasteiger partial charge in [0, 0.05) is 45.6 Å². The minimum atomic E-state index is -0.444. The fraction of sp³-hybridized carbons (Fsp3) is 0.905. The van der Waals surface area contributed by atoms with Crippen molar-refractivity contribution in [1.82, 2.24) is 20.0 Å². The molecule has 29 heavy (non-hydrogen) atoms. The molecular formula is C21H38N4O4. The number of nitrogens with zero attached hydrogens (tertiary/aromatic N) is 3. The Bertz CT molecular complexity index is 577. The van der Waals surface area contributed by atoms with Crippen molar-refractivity contribution >= 4 is 11.9 Å². The van der Waals surface area contributed by atoms with Gasteiger partial charge in [-0.15, -0.1) is 0 Å². The second kappa shape index (κ2) is 9.73. The van der Waals surface area contributed by atoms with Crippen molar-refractivity contribution in [1.29, 1.82) is 0 Å². The SMILES string of the molecule is CCN(CC)CCNC(=O)N(C)C(=O)[C@@H]1C[C@@H]2CC3(CC[C@H]2N(C)C1)OCCO3. The molecule has 0 aromatic rings. The molecule has 3 rings (SSSR count). The Hall–Kier alpha value is -1.22. The molecule has 2 saturated heterocycles. The largest absolute Gasteiger partial charge is 0.348 e. The van der Waals surface area contributed by atoms with E-state index in [1.54, 1.807) is 7.05 Å². The summed E-state index contributed by atoms with van der Waals surface area (Å²) in [7, 11) is 3.68. The standard InChI is InChI=1S/C21H38N4O4/c1-5-25(6-2)10-9-22-20(27)24(4)19(26)17-13-16-14-21(28-11-12-29-21)8-7-18(16)23(3)15-17/h16-18H,5-15H2,1-4H3,(H,22,27)/t16-,17-,18-/m1/s1. The number of likely N-dealkylation sites (N-methyl/N-ethyl adjacent to an activating group) is 1. The fourth-order valence-electron chi connectivity index (χ4n) is 5.28. The zero-order chi connectivity index (χ0) is 21.0. The highest BCUT2D eigenvalue weighted by atomic mass is 16.7. The Morgan fingerprint density at radius 2 is 1.90 bits per heavy atom. The molecule has 166 valence electrons. The fourth-order valence-corrected chi connectivity index (χ4v) is 5.28. The second-order valence-corrected chi connectivity index (χ2v) is 8.71. The predicted molar refractivity (Wildman–Crippen MR) is 110 cm³/mol. The number of rotatable bonds is 6. The van der Waals surface area contributed by atoms with Crippen LogP contribution < -0.4 is 5.32 Å². The first-order valence-corrected chi connectivity index (χ1v) is 11.1. The average molecular weight is 411 g/mol. The van der Waals surface area contributed by atoms with Crippen LogP contribution in [0.2, 0.25) is 0 Å². The van der Waals surface area contributed by atoms with E-state index >= 15 is 0 Å². The van der Waals surface area contributed by atoms with Gasteiger partial charge in [-0.25, -0.2) is 4.79 Å². The first kappa shape index (κ1) is 22.5. The van der Waals surface area contributed by atoms with Gasteiger partial charge in [0.05, 0.1) is 19.1 Å². The highest BCUT2D eigenvalue weighted by molar-refractivity contribution is 5.95. The summed E-state index contributed by atoms with van der Waals surface area (Å²) in [5, 5.41) is 2.88. The number of ether oxygens (including phenoxy) is 2. The molecule has 3 aliphatic rings. The van der Waals surface area contributed by atoms with E-state index in [1.165, 1.54) is 4.90 Å². The molecule has 2 aliphatic heterocycles. The summed E-state index contributed by atoms with van der Waals surface area (Å²) < 4.78 is 11.8. The first-order valence-electron chi connectivity index (χ1n) is 11.1. The minimum Gasteiger partial charge on any atom is -0.348 e. The molecule has 8 nitrogen and oxygen atoms in total. The lowest BCUT2D eigenvalue weighted by molar-refractivity contribution is -0.202. The molecule has 1 spiro atoms. The molecule has 0 aromatic carbocycles. The smallest absolute Gasteiger partial charge is 0.323 e. The molecular weight excluding hydrogens is 372 g/mol. The monoisotopic (exact) mass is 410 g/mol. The number of hydrogen-bond acceptors (Lipinski definition) is 6. The van der Waals surface area contributed by atoms with Crippen molar-refractivity contribution in [2.24, 2.45) is 11.8 Å². The molecule has 0 aromatic heterocycles. The van der Waals surface area contributed by atoms with E-state index in [9.17, 15) is 9.59 Å². The number of urea groups is 1. The van der Waals surface area contributed by atoms with Crippen LogP contribution in [0.3, 0.4) is 0 Å². The van der Waals surface area contributed by atoms with Gasteiger partial charge in [-0.3, -0.25) is 9.69 Å². The lowest BCUT2D eigenvalue weighted by Gasteiger charge is -2.49. The number of amides is 3. The van der Waals surface area contributed by atoms with E-state index in [2.05, 4.69) is 36.0 Å². The third kappa shape index (κ3) is 5.10. The van der Waals surface area contributed by atoms with Crippen molar-refractivity contribution in [2.75, 3.05) is 60.0 Å². The summed E-state index contributed by atoms with van der Waals surface area (Å²) in [6.07, 6.45) is 3.58. The number of nitrogens with one attached hydrogen (secondary N) is 1. The van der Waals surface area contributed by atoms with Crippen LogP contribution in [0.15, 0.2) is 0 Å². The molecule has 1 saturated carbocycles. The first-order chi connectivity index (χ1) is 13.9. The van der Waals surface area contributed by atoms with Gasteiger partial charge in [0.1, 0.15) is 0 Å². The van der Waals surface area contributed by atoms with E-state index in [-0.39, 0.29) is 17.9 Å².